The summed E-state index contributed by atoms with van der Waals surface area (Å²) in [5, 5.41) is 2.54. The van der Waals surface area contributed by atoms with E-state index in [1.54, 1.807) is 39.8 Å². The molecule has 0 bridgehead atoms. The molecule has 0 fully saturated rings. The smallest absolute Gasteiger partial charge is 0.416 e. The number of ether oxygens (including phenoxy) is 1. The highest BCUT2D eigenvalue weighted by atomic mass is 19.4. The number of halogens is 3. The van der Waals surface area contributed by atoms with Gasteiger partial charge in [0.25, 0.3) is 0 Å². The van der Waals surface area contributed by atoms with Crippen molar-refractivity contribution in [1.29, 1.82) is 0 Å². The molecule has 0 aromatic heterocycles. The molecule has 0 saturated carbocycles. The number of aryl methyl sites for hydroxylation is 1. The van der Waals surface area contributed by atoms with Crippen molar-refractivity contribution in [1.82, 2.24) is 5.32 Å². The van der Waals surface area contributed by atoms with E-state index in [0.29, 0.717) is 11.1 Å². The minimum atomic E-state index is -4.34. The van der Waals surface area contributed by atoms with Crippen LogP contribution in [0, 0.1) is 6.92 Å². The highest BCUT2D eigenvalue weighted by Gasteiger charge is 2.30. The van der Waals surface area contributed by atoms with E-state index in [1.165, 1.54) is 6.07 Å². The van der Waals surface area contributed by atoms with Gasteiger partial charge in [0.1, 0.15) is 5.60 Å². The molecule has 3 nitrogen and oxygen atoms in total. The Balaban J connectivity index is 2.59. The van der Waals surface area contributed by atoms with Gasteiger partial charge in [-0.05, 0) is 51.0 Å². The van der Waals surface area contributed by atoms with Crippen LogP contribution in [0.15, 0.2) is 24.3 Å². The van der Waals surface area contributed by atoms with Crippen molar-refractivity contribution in [3.8, 4) is 0 Å². The molecular weight excluding hydrogens is 295 g/mol. The third kappa shape index (κ3) is 6.20. The van der Waals surface area contributed by atoms with Crippen LogP contribution >= 0.6 is 0 Å². The summed E-state index contributed by atoms with van der Waals surface area (Å²) in [7, 11) is 0. The zero-order chi connectivity index (χ0) is 17.0. The number of benzene rings is 1. The average molecular weight is 315 g/mol. The second-order valence-electron chi connectivity index (χ2n) is 5.85. The quantitative estimate of drug-likeness (QED) is 0.888. The van der Waals surface area contributed by atoms with E-state index in [1.807, 2.05) is 0 Å². The molecule has 122 valence electrons. The number of carbonyl (C=O) groups is 1. The summed E-state index contributed by atoms with van der Waals surface area (Å²) >= 11 is 0. The van der Waals surface area contributed by atoms with Crippen molar-refractivity contribution in [2.45, 2.75) is 39.5 Å². The number of carbonyl (C=O) groups excluding carboxylic acids is 1. The molecule has 0 atom stereocenters. The molecule has 0 aliphatic rings. The number of alkyl halides is 3. The van der Waals surface area contributed by atoms with Crippen LogP contribution in [0.3, 0.4) is 0 Å². The summed E-state index contributed by atoms with van der Waals surface area (Å²) in [6.07, 6.45) is -1.57. The Morgan fingerprint density at radius 1 is 1.27 bits per heavy atom. The SMILES string of the molecule is Cc1cc(C(F)(F)F)ccc1C=CCNC(=O)OC(C)(C)C. The lowest BCUT2D eigenvalue weighted by Crippen LogP contribution is -2.32. The van der Waals surface area contributed by atoms with Gasteiger partial charge < -0.3 is 10.1 Å². The van der Waals surface area contributed by atoms with E-state index in [4.69, 9.17) is 4.74 Å². The molecule has 22 heavy (non-hydrogen) atoms. The maximum Gasteiger partial charge on any atom is 0.416 e. The van der Waals surface area contributed by atoms with Gasteiger partial charge in [0.05, 0.1) is 5.56 Å². The Morgan fingerprint density at radius 2 is 1.91 bits per heavy atom. The molecule has 1 rings (SSSR count). The van der Waals surface area contributed by atoms with Crippen molar-refractivity contribution < 1.29 is 22.7 Å². The van der Waals surface area contributed by atoms with Crippen molar-refractivity contribution in [2.24, 2.45) is 0 Å². The van der Waals surface area contributed by atoms with Crippen LogP contribution in [0.2, 0.25) is 0 Å². The standard InChI is InChI=1S/C16H20F3NO2/c1-11-10-13(16(17,18)19)8-7-12(11)6-5-9-20-14(21)22-15(2,3)4/h5-8,10H,9H2,1-4H3,(H,20,21). The first-order chi connectivity index (χ1) is 9.99. The average Bonchev–Trinajstić information content (AvgIpc) is 2.32. The summed E-state index contributed by atoms with van der Waals surface area (Å²) in [5.41, 5.74) is -0.0611. The van der Waals surface area contributed by atoms with Crippen LogP contribution in [0.1, 0.15) is 37.5 Å². The van der Waals surface area contributed by atoms with E-state index in [0.717, 1.165) is 12.1 Å². The van der Waals surface area contributed by atoms with Gasteiger partial charge in [-0.1, -0.05) is 18.2 Å². The van der Waals surface area contributed by atoms with Crippen LogP contribution in [-0.4, -0.2) is 18.2 Å². The number of rotatable bonds is 3. The van der Waals surface area contributed by atoms with Gasteiger partial charge in [-0.2, -0.15) is 13.2 Å². The molecule has 0 heterocycles. The van der Waals surface area contributed by atoms with Crippen molar-refractivity contribution in [3.05, 3.63) is 41.0 Å². The first-order valence-electron chi connectivity index (χ1n) is 6.80. The molecule has 1 aromatic rings. The highest BCUT2D eigenvalue weighted by molar-refractivity contribution is 5.68. The normalized spacial score (nSPS) is 12.5. The molecule has 0 saturated heterocycles. The van der Waals surface area contributed by atoms with Gasteiger partial charge in [0.2, 0.25) is 0 Å². The van der Waals surface area contributed by atoms with Gasteiger partial charge in [-0.3, -0.25) is 0 Å². The van der Waals surface area contributed by atoms with Crippen molar-refractivity contribution in [2.75, 3.05) is 6.54 Å². The van der Waals surface area contributed by atoms with E-state index in [2.05, 4.69) is 5.32 Å². The minimum Gasteiger partial charge on any atom is -0.444 e. The Bertz CT molecular complexity index is 557. The first kappa shape index (κ1) is 18.1. The fourth-order valence-electron chi connectivity index (χ4n) is 1.68. The topological polar surface area (TPSA) is 38.3 Å². The zero-order valence-electron chi connectivity index (χ0n) is 13.0. The van der Waals surface area contributed by atoms with E-state index < -0.39 is 23.4 Å². The van der Waals surface area contributed by atoms with Crippen LogP contribution in [0.5, 0.6) is 0 Å². The lowest BCUT2D eigenvalue weighted by atomic mass is 10.0. The molecule has 0 unspecified atom stereocenters. The van der Waals surface area contributed by atoms with Crippen LogP contribution in [0.25, 0.3) is 6.08 Å². The fourth-order valence-corrected chi connectivity index (χ4v) is 1.68. The Kier molecular flexibility index (Phi) is 5.63. The minimum absolute atomic E-state index is 0.232. The number of amides is 1. The zero-order valence-corrected chi connectivity index (χ0v) is 13.0. The molecule has 6 heteroatoms. The molecule has 0 aliphatic heterocycles. The summed E-state index contributed by atoms with van der Waals surface area (Å²) in [6, 6.07) is 3.54. The van der Waals surface area contributed by atoms with E-state index >= 15 is 0 Å². The number of hydrogen-bond acceptors (Lipinski definition) is 2. The third-order valence-corrected chi connectivity index (χ3v) is 2.66. The maximum absolute atomic E-state index is 12.6. The Morgan fingerprint density at radius 3 is 2.41 bits per heavy atom. The van der Waals surface area contributed by atoms with Gasteiger partial charge in [0.15, 0.2) is 0 Å². The van der Waals surface area contributed by atoms with Crippen LogP contribution in [-0.2, 0) is 10.9 Å². The molecule has 0 aliphatic carbocycles. The first-order valence-corrected chi connectivity index (χ1v) is 6.80. The Hall–Kier alpha value is -1.98. The molecule has 1 N–H and O–H groups in total. The second-order valence-corrected chi connectivity index (χ2v) is 5.85. The largest absolute Gasteiger partial charge is 0.444 e. The monoisotopic (exact) mass is 315 g/mol. The Labute approximate surface area is 128 Å². The second kappa shape index (κ2) is 6.85. The van der Waals surface area contributed by atoms with E-state index in [9.17, 15) is 18.0 Å². The maximum atomic E-state index is 12.6. The van der Waals surface area contributed by atoms with Crippen molar-refractivity contribution >= 4 is 12.2 Å². The van der Waals surface area contributed by atoms with Crippen LogP contribution < -0.4 is 5.32 Å². The molecule has 1 aromatic carbocycles. The van der Waals surface area contributed by atoms with Gasteiger partial charge >= 0.3 is 12.3 Å². The van der Waals surface area contributed by atoms with Gasteiger partial charge in [-0.25, -0.2) is 4.79 Å². The van der Waals surface area contributed by atoms with Gasteiger partial charge in [-0.15, -0.1) is 0 Å². The summed E-state index contributed by atoms with van der Waals surface area (Å²) in [4.78, 5) is 11.4. The molecular formula is C16H20F3NO2. The summed E-state index contributed by atoms with van der Waals surface area (Å²) < 4.78 is 42.7. The summed E-state index contributed by atoms with van der Waals surface area (Å²) in [5.74, 6) is 0. The number of nitrogens with one attached hydrogen (secondary N) is 1. The molecule has 0 spiro atoms. The molecule has 0 radical (unpaired) electrons. The summed E-state index contributed by atoms with van der Waals surface area (Å²) in [6.45, 7) is 7.11. The van der Waals surface area contributed by atoms with E-state index in [-0.39, 0.29) is 6.54 Å². The number of alkyl carbamates (subject to hydrolysis) is 1. The number of hydrogen-bond donors (Lipinski definition) is 1. The predicted octanol–water partition coefficient (Wildman–Crippen LogP) is 4.55. The molecule has 1 amide bonds. The predicted molar refractivity (Wildman–Crippen MR) is 79.5 cm³/mol. The fraction of sp³-hybridized carbons (Fsp3) is 0.438. The van der Waals surface area contributed by atoms with Crippen LogP contribution in [0.4, 0.5) is 18.0 Å². The highest BCUT2D eigenvalue weighted by Crippen LogP contribution is 2.30. The van der Waals surface area contributed by atoms with Crippen molar-refractivity contribution in [3.63, 3.8) is 0 Å². The lowest BCUT2D eigenvalue weighted by molar-refractivity contribution is -0.137. The lowest BCUT2D eigenvalue weighted by Gasteiger charge is -2.19. The third-order valence-electron chi connectivity index (χ3n) is 2.66. The van der Waals surface area contributed by atoms with Gasteiger partial charge in [0, 0.05) is 6.54 Å².